The number of ether oxygens (including phenoxy) is 2. The van der Waals surface area contributed by atoms with Crippen LogP contribution in [-0.2, 0) is 4.79 Å². The Balaban J connectivity index is 1.96. The number of methoxy groups -OCH3 is 1. The van der Waals surface area contributed by atoms with Crippen LogP contribution in [0, 0.1) is 10.1 Å². The molecule has 0 unspecified atom stereocenters. The number of nitro benzene ring substituents is 1. The fraction of sp³-hybridized carbons (Fsp3) is 0.0667. The first kappa shape index (κ1) is 15.2. The molecule has 0 amide bonds. The van der Waals surface area contributed by atoms with Crippen LogP contribution >= 0.6 is 0 Å². The molecule has 0 aliphatic heterocycles. The number of nitrogens with zero attached hydrogens (tertiary/aromatic N) is 2. The van der Waals surface area contributed by atoms with Gasteiger partial charge in [-0.1, -0.05) is 0 Å². The Kier molecular flexibility index (Phi) is 4.81. The summed E-state index contributed by atoms with van der Waals surface area (Å²) in [6, 6.07) is 8.64. The number of hydrogen-bond donors (Lipinski definition) is 0. The van der Waals surface area contributed by atoms with Gasteiger partial charge < -0.3 is 9.47 Å². The van der Waals surface area contributed by atoms with E-state index in [1.807, 2.05) is 0 Å². The standard InChI is InChI=1S/C15H12N2O5/c1-21-14-6-2-11(16-10-14)3-9-15(18)22-13-7-4-12(5-8-13)17(19)20/h2-10H,1H3/b9-3+. The lowest BCUT2D eigenvalue weighted by Crippen LogP contribution is -2.03. The summed E-state index contributed by atoms with van der Waals surface area (Å²) >= 11 is 0. The molecule has 2 aromatic rings. The molecule has 0 spiro atoms. The van der Waals surface area contributed by atoms with Crippen molar-refractivity contribution in [3.63, 3.8) is 0 Å². The van der Waals surface area contributed by atoms with Gasteiger partial charge in [0.2, 0.25) is 0 Å². The summed E-state index contributed by atoms with van der Waals surface area (Å²) < 4.78 is 9.99. The monoisotopic (exact) mass is 300 g/mol. The predicted molar refractivity (Wildman–Crippen MR) is 78.6 cm³/mol. The minimum absolute atomic E-state index is 0.0715. The zero-order valence-electron chi connectivity index (χ0n) is 11.6. The molecular formula is C15H12N2O5. The molecular weight excluding hydrogens is 288 g/mol. The lowest BCUT2D eigenvalue weighted by atomic mass is 10.3. The van der Waals surface area contributed by atoms with Crippen LogP contribution in [0.4, 0.5) is 5.69 Å². The molecule has 1 aromatic heterocycles. The number of esters is 1. The van der Waals surface area contributed by atoms with Gasteiger partial charge in [0.05, 0.1) is 23.9 Å². The van der Waals surface area contributed by atoms with E-state index in [-0.39, 0.29) is 11.4 Å². The minimum atomic E-state index is -0.605. The Morgan fingerprint density at radius 1 is 1.18 bits per heavy atom. The van der Waals surface area contributed by atoms with Crippen molar-refractivity contribution < 1.29 is 19.2 Å². The zero-order valence-corrected chi connectivity index (χ0v) is 11.6. The number of carbonyl (C=O) groups is 1. The number of pyridine rings is 1. The van der Waals surface area contributed by atoms with Crippen LogP contribution in [0.3, 0.4) is 0 Å². The number of aromatic nitrogens is 1. The van der Waals surface area contributed by atoms with E-state index in [1.165, 1.54) is 49.7 Å². The molecule has 7 nitrogen and oxygen atoms in total. The van der Waals surface area contributed by atoms with Crippen molar-refractivity contribution in [1.29, 1.82) is 0 Å². The second kappa shape index (κ2) is 6.98. The van der Waals surface area contributed by atoms with E-state index in [9.17, 15) is 14.9 Å². The van der Waals surface area contributed by atoms with E-state index in [0.29, 0.717) is 11.4 Å². The van der Waals surface area contributed by atoms with Crippen LogP contribution in [0.5, 0.6) is 11.5 Å². The minimum Gasteiger partial charge on any atom is -0.495 e. The van der Waals surface area contributed by atoms with Crippen molar-refractivity contribution in [2.24, 2.45) is 0 Å². The fourth-order valence-electron chi connectivity index (χ4n) is 1.55. The topological polar surface area (TPSA) is 91.6 Å². The van der Waals surface area contributed by atoms with Gasteiger partial charge in [0, 0.05) is 18.2 Å². The van der Waals surface area contributed by atoms with E-state index in [2.05, 4.69) is 4.98 Å². The van der Waals surface area contributed by atoms with Crippen LogP contribution in [0.1, 0.15) is 5.69 Å². The summed E-state index contributed by atoms with van der Waals surface area (Å²) in [5.74, 6) is 0.236. The number of rotatable bonds is 5. The average molecular weight is 300 g/mol. The summed E-state index contributed by atoms with van der Waals surface area (Å²) in [4.78, 5) is 25.7. The first-order chi connectivity index (χ1) is 10.6. The molecule has 0 aliphatic carbocycles. The number of nitro groups is 1. The quantitative estimate of drug-likeness (QED) is 0.277. The maximum atomic E-state index is 11.6. The van der Waals surface area contributed by atoms with Crippen molar-refractivity contribution >= 4 is 17.7 Å². The van der Waals surface area contributed by atoms with Gasteiger partial charge in [-0.05, 0) is 30.3 Å². The van der Waals surface area contributed by atoms with E-state index in [4.69, 9.17) is 9.47 Å². The van der Waals surface area contributed by atoms with Crippen molar-refractivity contribution in [3.8, 4) is 11.5 Å². The fourth-order valence-corrected chi connectivity index (χ4v) is 1.55. The molecule has 1 heterocycles. The lowest BCUT2D eigenvalue weighted by Gasteiger charge is -2.01. The van der Waals surface area contributed by atoms with Crippen molar-refractivity contribution in [1.82, 2.24) is 4.98 Å². The number of non-ortho nitro benzene ring substituents is 1. The Bertz CT molecular complexity index is 693. The second-order valence-electron chi connectivity index (χ2n) is 4.13. The highest BCUT2D eigenvalue weighted by atomic mass is 16.6. The summed E-state index contributed by atoms with van der Waals surface area (Å²) in [5, 5.41) is 10.5. The molecule has 0 fully saturated rings. The highest BCUT2D eigenvalue weighted by Gasteiger charge is 2.06. The van der Waals surface area contributed by atoms with E-state index >= 15 is 0 Å². The predicted octanol–water partition coefficient (Wildman–Crippen LogP) is 2.62. The zero-order chi connectivity index (χ0) is 15.9. The van der Waals surface area contributed by atoms with Crippen LogP contribution in [0.25, 0.3) is 6.08 Å². The second-order valence-corrected chi connectivity index (χ2v) is 4.13. The molecule has 112 valence electrons. The van der Waals surface area contributed by atoms with E-state index in [1.54, 1.807) is 12.1 Å². The third-order valence-electron chi connectivity index (χ3n) is 2.65. The SMILES string of the molecule is COc1ccc(/C=C/C(=O)Oc2ccc([N+](=O)[O-])cc2)nc1. The van der Waals surface area contributed by atoms with Gasteiger partial charge in [-0.2, -0.15) is 0 Å². The van der Waals surface area contributed by atoms with Gasteiger partial charge in [0.1, 0.15) is 11.5 Å². The molecule has 1 aromatic carbocycles. The Hall–Kier alpha value is -3.22. The van der Waals surface area contributed by atoms with Crippen LogP contribution in [-0.4, -0.2) is 23.0 Å². The van der Waals surface area contributed by atoms with Crippen molar-refractivity contribution in [3.05, 3.63) is 64.5 Å². The molecule has 2 rings (SSSR count). The smallest absolute Gasteiger partial charge is 0.336 e. The molecule has 0 saturated carbocycles. The van der Waals surface area contributed by atoms with Gasteiger partial charge in [0.25, 0.3) is 5.69 Å². The van der Waals surface area contributed by atoms with E-state index in [0.717, 1.165) is 0 Å². The van der Waals surface area contributed by atoms with E-state index < -0.39 is 10.9 Å². The maximum absolute atomic E-state index is 11.6. The Morgan fingerprint density at radius 2 is 1.86 bits per heavy atom. The van der Waals surface area contributed by atoms with Gasteiger partial charge in [-0.25, -0.2) is 4.79 Å². The molecule has 0 radical (unpaired) electrons. The Labute approximate surface area is 126 Å². The van der Waals surface area contributed by atoms with Gasteiger partial charge in [-0.3, -0.25) is 15.1 Å². The molecule has 0 bridgehead atoms. The third kappa shape index (κ3) is 4.14. The first-order valence-electron chi connectivity index (χ1n) is 6.23. The maximum Gasteiger partial charge on any atom is 0.336 e. The number of hydrogen-bond acceptors (Lipinski definition) is 6. The third-order valence-corrected chi connectivity index (χ3v) is 2.65. The number of carbonyl (C=O) groups excluding carboxylic acids is 1. The van der Waals surface area contributed by atoms with Gasteiger partial charge in [0.15, 0.2) is 0 Å². The summed E-state index contributed by atoms with van der Waals surface area (Å²) in [6.45, 7) is 0. The molecule has 22 heavy (non-hydrogen) atoms. The van der Waals surface area contributed by atoms with Gasteiger partial charge >= 0.3 is 5.97 Å². The van der Waals surface area contributed by atoms with Crippen LogP contribution < -0.4 is 9.47 Å². The van der Waals surface area contributed by atoms with Gasteiger partial charge in [-0.15, -0.1) is 0 Å². The molecule has 0 aliphatic rings. The van der Waals surface area contributed by atoms with Crippen LogP contribution in [0.2, 0.25) is 0 Å². The summed E-state index contributed by atoms with van der Waals surface area (Å²) in [7, 11) is 1.54. The normalized spacial score (nSPS) is 10.4. The molecule has 0 atom stereocenters. The molecule has 7 heteroatoms. The summed E-state index contributed by atoms with van der Waals surface area (Å²) in [5.41, 5.74) is 0.499. The highest BCUT2D eigenvalue weighted by molar-refractivity contribution is 5.88. The first-order valence-corrected chi connectivity index (χ1v) is 6.23. The highest BCUT2D eigenvalue weighted by Crippen LogP contribution is 2.17. The molecule has 0 saturated heterocycles. The van der Waals surface area contributed by atoms with Crippen molar-refractivity contribution in [2.75, 3.05) is 7.11 Å². The molecule has 0 N–H and O–H groups in total. The van der Waals surface area contributed by atoms with Crippen LogP contribution in [0.15, 0.2) is 48.7 Å². The lowest BCUT2D eigenvalue weighted by molar-refractivity contribution is -0.384. The summed E-state index contributed by atoms with van der Waals surface area (Å²) in [6.07, 6.45) is 4.24. The largest absolute Gasteiger partial charge is 0.495 e. The Morgan fingerprint density at radius 3 is 2.41 bits per heavy atom. The average Bonchev–Trinajstić information content (AvgIpc) is 2.54. The number of benzene rings is 1. The van der Waals surface area contributed by atoms with Crippen molar-refractivity contribution in [2.45, 2.75) is 0 Å².